The third-order valence-electron chi connectivity index (χ3n) is 4.78. The van der Waals surface area contributed by atoms with Gasteiger partial charge < -0.3 is 19.5 Å². The summed E-state index contributed by atoms with van der Waals surface area (Å²) in [5.74, 6) is 0.803. The van der Waals surface area contributed by atoms with Crippen LogP contribution in [-0.4, -0.2) is 31.4 Å². The first-order valence-electron chi connectivity index (χ1n) is 10.2. The minimum atomic E-state index is -0.476. The summed E-state index contributed by atoms with van der Waals surface area (Å²) in [4.78, 5) is 24.2. The van der Waals surface area contributed by atoms with Crippen LogP contribution in [0.25, 0.3) is 0 Å². The number of hydrogen-bond acceptors (Lipinski definition) is 6. The molecule has 0 fully saturated rings. The van der Waals surface area contributed by atoms with E-state index in [1.54, 1.807) is 48.5 Å². The predicted octanol–water partition coefficient (Wildman–Crippen LogP) is 4.94. The van der Waals surface area contributed by atoms with Gasteiger partial charge in [-0.05, 0) is 75.6 Å². The Morgan fingerprint density at radius 3 is 2.66 bits per heavy atom. The largest absolute Gasteiger partial charge is 0.488 e. The van der Waals surface area contributed by atoms with E-state index in [4.69, 9.17) is 37.4 Å². The molecule has 1 heterocycles. The van der Waals surface area contributed by atoms with Crippen molar-refractivity contribution in [3.63, 3.8) is 0 Å². The molecular formula is C24H18BrCl2N3O5. The molecule has 0 aliphatic carbocycles. The number of ether oxygens (including phenoxy) is 3. The van der Waals surface area contributed by atoms with Gasteiger partial charge in [-0.2, -0.15) is 5.10 Å². The van der Waals surface area contributed by atoms with Crippen molar-refractivity contribution in [2.75, 3.05) is 13.3 Å². The highest BCUT2D eigenvalue weighted by Gasteiger charge is 2.16. The van der Waals surface area contributed by atoms with E-state index in [2.05, 4.69) is 31.8 Å². The number of hydrogen-bond donors (Lipinski definition) is 2. The summed E-state index contributed by atoms with van der Waals surface area (Å²) in [6.45, 7) is 0.193. The first kappa shape index (κ1) is 24.8. The molecule has 0 radical (unpaired) electrons. The Morgan fingerprint density at radius 2 is 1.86 bits per heavy atom. The number of halogens is 3. The summed E-state index contributed by atoms with van der Waals surface area (Å²) in [6.07, 6.45) is 1.48. The van der Waals surface area contributed by atoms with Gasteiger partial charge in [0.25, 0.3) is 11.8 Å². The lowest BCUT2D eigenvalue weighted by molar-refractivity contribution is -0.120. The van der Waals surface area contributed by atoms with Crippen LogP contribution in [0, 0.1) is 0 Å². The fourth-order valence-corrected chi connectivity index (χ4v) is 3.86. The smallest absolute Gasteiger partial charge is 0.259 e. The van der Waals surface area contributed by atoms with Crippen LogP contribution in [0.1, 0.15) is 21.5 Å². The molecule has 1 aliphatic heterocycles. The van der Waals surface area contributed by atoms with Gasteiger partial charge >= 0.3 is 0 Å². The third kappa shape index (κ3) is 6.66. The minimum absolute atomic E-state index is 0.117. The summed E-state index contributed by atoms with van der Waals surface area (Å²) in [5.41, 5.74) is 4.33. The molecule has 2 amide bonds. The summed E-state index contributed by atoms with van der Waals surface area (Å²) in [7, 11) is 0. The Labute approximate surface area is 219 Å². The Morgan fingerprint density at radius 1 is 1.03 bits per heavy atom. The third-order valence-corrected chi connectivity index (χ3v) is 6.14. The van der Waals surface area contributed by atoms with Crippen molar-refractivity contribution in [2.24, 2.45) is 5.10 Å². The minimum Gasteiger partial charge on any atom is -0.488 e. The molecule has 0 unspecified atom stereocenters. The highest BCUT2D eigenvalue weighted by Crippen LogP contribution is 2.32. The molecule has 1 aliphatic rings. The van der Waals surface area contributed by atoms with Crippen molar-refractivity contribution in [3.8, 4) is 17.2 Å². The van der Waals surface area contributed by atoms with Gasteiger partial charge in [0.05, 0.1) is 27.3 Å². The zero-order valence-corrected chi connectivity index (χ0v) is 21.1. The number of carbonyl (C=O) groups is 2. The van der Waals surface area contributed by atoms with Crippen LogP contribution in [0.3, 0.4) is 0 Å². The second-order valence-electron chi connectivity index (χ2n) is 7.27. The monoisotopic (exact) mass is 577 g/mol. The van der Waals surface area contributed by atoms with Crippen LogP contribution < -0.4 is 25.0 Å². The van der Waals surface area contributed by atoms with E-state index in [9.17, 15) is 9.59 Å². The number of nitrogens with zero attached hydrogens (tertiary/aromatic N) is 1. The average molecular weight is 579 g/mol. The molecule has 3 aromatic rings. The van der Waals surface area contributed by atoms with Crippen LogP contribution in [0.4, 0.5) is 0 Å². The van der Waals surface area contributed by atoms with Gasteiger partial charge in [-0.15, -0.1) is 0 Å². The second kappa shape index (κ2) is 11.4. The predicted molar refractivity (Wildman–Crippen MR) is 136 cm³/mol. The fraction of sp³-hybridized carbons (Fsp3) is 0.125. The molecule has 35 heavy (non-hydrogen) atoms. The van der Waals surface area contributed by atoms with Gasteiger partial charge in [-0.25, -0.2) is 5.43 Å². The topological polar surface area (TPSA) is 98.3 Å². The molecule has 3 aromatic carbocycles. The molecule has 0 aromatic heterocycles. The van der Waals surface area contributed by atoms with Crippen molar-refractivity contribution < 1.29 is 23.8 Å². The lowest BCUT2D eigenvalue weighted by Gasteiger charge is -2.09. The SMILES string of the molecule is O=C(CNC(=O)c1ccc2c(c1)OCO2)NN=Cc1ccc(OCc2ccc(Cl)c(Cl)c2)c(Br)c1. The van der Waals surface area contributed by atoms with Gasteiger partial charge in [0.15, 0.2) is 11.5 Å². The fourth-order valence-electron chi connectivity index (χ4n) is 3.02. The summed E-state index contributed by atoms with van der Waals surface area (Å²) in [5, 5.41) is 7.40. The lowest BCUT2D eigenvalue weighted by atomic mass is 10.2. The van der Waals surface area contributed by atoms with E-state index in [0.29, 0.717) is 43.9 Å². The Hall–Kier alpha value is -3.27. The Kier molecular flexibility index (Phi) is 8.12. The van der Waals surface area contributed by atoms with E-state index < -0.39 is 11.8 Å². The van der Waals surface area contributed by atoms with Gasteiger partial charge in [0.2, 0.25) is 6.79 Å². The first-order chi connectivity index (χ1) is 16.9. The maximum atomic E-state index is 12.2. The molecule has 0 bridgehead atoms. The standard InChI is InChI=1S/C24H18BrCl2N3O5/c25-17-7-14(2-5-20(17)33-12-15-1-4-18(26)19(27)8-15)10-29-30-23(31)11-28-24(32)16-3-6-21-22(9-16)35-13-34-21/h1-10H,11-13H2,(H,28,32)(H,30,31). The zero-order chi connectivity index (χ0) is 24.8. The number of amides is 2. The number of hydrazone groups is 1. The molecule has 0 spiro atoms. The summed E-state index contributed by atoms with van der Waals surface area (Å²) < 4.78 is 17.0. The van der Waals surface area contributed by atoms with Crippen LogP contribution in [0.15, 0.2) is 64.2 Å². The summed E-state index contributed by atoms with van der Waals surface area (Å²) >= 11 is 15.4. The number of carbonyl (C=O) groups excluding carboxylic acids is 2. The van der Waals surface area contributed by atoms with E-state index in [-0.39, 0.29) is 13.3 Å². The lowest BCUT2D eigenvalue weighted by Crippen LogP contribution is -2.34. The molecule has 2 N–H and O–H groups in total. The molecule has 0 saturated heterocycles. The zero-order valence-electron chi connectivity index (χ0n) is 18.0. The van der Waals surface area contributed by atoms with Gasteiger partial charge in [-0.1, -0.05) is 29.3 Å². The Bertz CT molecular complexity index is 1300. The molecule has 0 atom stereocenters. The summed E-state index contributed by atoms with van der Waals surface area (Å²) in [6, 6.07) is 15.4. The maximum Gasteiger partial charge on any atom is 0.259 e. The average Bonchev–Trinajstić information content (AvgIpc) is 3.32. The first-order valence-corrected chi connectivity index (χ1v) is 11.8. The molecule has 180 valence electrons. The number of nitrogens with one attached hydrogen (secondary N) is 2. The number of rotatable bonds is 8. The van der Waals surface area contributed by atoms with Crippen molar-refractivity contribution in [2.45, 2.75) is 6.61 Å². The van der Waals surface area contributed by atoms with Gasteiger partial charge in [0.1, 0.15) is 12.4 Å². The highest BCUT2D eigenvalue weighted by atomic mass is 79.9. The highest BCUT2D eigenvalue weighted by molar-refractivity contribution is 9.10. The van der Waals surface area contributed by atoms with Crippen LogP contribution in [0.5, 0.6) is 17.2 Å². The van der Waals surface area contributed by atoms with Crippen LogP contribution in [0.2, 0.25) is 10.0 Å². The van der Waals surface area contributed by atoms with Crippen LogP contribution >= 0.6 is 39.1 Å². The van der Waals surface area contributed by atoms with Gasteiger partial charge in [0, 0.05) is 5.56 Å². The normalized spacial score (nSPS) is 12.0. The van der Waals surface area contributed by atoms with Crippen molar-refractivity contribution in [1.82, 2.24) is 10.7 Å². The van der Waals surface area contributed by atoms with Crippen molar-refractivity contribution in [1.29, 1.82) is 0 Å². The molecule has 0 saturated carbocycles. The second-order valence-corrected chi connectivity index (χ2v) is 8.94. The quantitative estimate of drug-likeness (QED) is 0.291. The van der Waals surface area contributed by atoms with E-state index >= 15 is 0 Å². The van der Waals surface area contributed by atoms with E-state index in [1.165, 1.54) is 6.21 Å². The van der Waals surface area contributed by atoms with E-state index in [1.807, 2.05) is 6.07 Å². The molecule has 11 heteroatoms. The molecule has 8 nitrogen and oxygen atoms in total. The molecule has 4 rings (SSSR count). The van der Waals surface area contributed by atoms with Gasteiger partial charge in [-0.3, -0.25) is 9.59 Å². The van der Waals surface area contributed by atoms with Crippen molar-refractivity contribution >= 4 is 57.2 Å². The molecular weight excluding hydrogens is 561 g/mol. The number of benzene rings is 3. The van der Waals surface area contributed by atoms with E-state index in [0.717, 1.165) is 11.1 Å². The van der Waals surface area contributed by atoms with Crippen molar-refractivity contribution in [3.05, 3.63) is 85.8 Å². The van der Waals surface area contributed by atoms with Crippen LogP contribution in [-0.2, 0) is 11.4 Å². The Balaban J connectivity index is 1.24. The maximum absolute atomic E-state index is 12.2. The number of fused-ring (bicyclic) bond motifs is 1.